The fraction of sp³-hybridized carbons (Fsp3) is 0.588. The Morgan fingerprint density at radius 3 is 2.71 bits per heavy atom. The van der Waals surface area contributed by atoms with Crippen molar-refractivity contribution < 1.29 is 14.3 Å². The smallest absolute Gasteiger partial charge is 0.224 e. The van der Waals surface area contributed by atoms with E-state index in [-0.39, 0.29) is 5.91 Å². The molecule has 1 aliphatic rings. The van der Waals surface area contributed by atoms with Gasteiger partial charge in [-0.15, -0.1) is 0 Å². The molecule has 0 radical (unpaired) electrons. The molecule has 116 valence electrons. The summed E-state index contributed by atoms with van der Waals surface area (Å²) < 4.78 is 10.9. The standard InChI is InChI=1S/C17H25NO3/c1-2-21-16-8-6-14(7-9-16)12-17(19)18-10-3-11-20-13-15-4-5-15/h6-9,15H,2-5,10-13H2,1H3,(H,18,19). The van der Waals surface area contributed by atoms with Crippen LogP contribution in [0.3, 0.4) is 0 Å². The normalized spacial score (nSPS) is 14.0. The quantitative estimate of drug-likeness (QED) is 0.674. The number of hydrogen-bond acceptors (Lipinski definition) is 3. The van der Waals surface area contributed by atoms with Gasteiger partial charge in [-0.2, -0.15) is 0 Å². The van der Waals surface area contributed by atoms with Gasteiger partial charge in [0.15, 0.2) is 0 Å². The summed E-state index contributed by atoms with van der Waals surface area (Å²) >= 11 is 0. The third-order valence-electron chi connectivity index (χ3n) is 3.44. The van der Waals surface area contributed by atoms with Gasteiger partial charge in [-0.1, -0.05) is 12.1 Å². The van der Waals surface area contributed by atoms with Gasteiger partial charge in [0.05, 0.1) is 13.0 Å². The highest BCUT2D eigenvalue weighted by atomic mass is 16.5. The summed E-state index contributed by atoms with van der Waals surface area (Å²) in [6, 6.07) is 7.67. The van der Waals surface area contributed by atoms with Gasteiger partial charge in [-0.25, -0.2) is 0 Å². The number of nitrogens with one attached hydrogen (secondary N) is 1. The van der Waals surface area contributed by atoms with Crippen LogP contribution < -0.4 is 10.1 Å². The minimum Gasteiger partial charge on any atom is -0.494 e. The number of carbonyl (C=O) groups excluding carboxylic acids is 1. The molecule has 4 nitrogen and oxygen atoms in total. The molecule has 0 atom stereocenters. The number of hydrogen-bond donors (Lipinski definition) is 1. The van der Waals surface area contributed by atoms with E-state index in [1.165, 1.54) is 12.8 Å². The van der Waals surface area contributed by atoms with Crippen molar-refractivity contribution in [3.63, 3.8) is 0 Å². The van der Waals surface area contributed by atoms with Crippen LogP contribution in [0.4, 0.5) is 0 Å². The Hall–Kier alpha value is -1.55. The summed E-state index contributed by atoms with van der Waals surface area (Å²) in [5.41, 5.74) is 1.00. The zero-order valence-corrected chi connectivity index (χ0v) is 12.8. The summed E-state index contributed by atoms with van der Waals surface area (Å²) in [6.45, 7) is 4.92. The molecule has 0 spiro atoms. The molecule has 1 N–H and O–H groups in total. The monoisotopic (exact) mass is 291 g/mol. The van der Waals surface area contributed by atoms with Crippen LogP contribution in [0.15, 0.2) is 24.3 Å². The van der Waals surface area contributed by atoms with E-state index in [9.17, 15) is 4.79 Å². The second kappa shape index (κ2) is 8.67. The van der Waals surface area contributed by atoms with Crippen LogP contribution in [0, 0.1) is 5.92 Å². The van der Waals surface area contributed by atoms with Gasteiger partial charge >= 0.3 is 0 Å². The lowest BCUT2D eigenvalue weighted by Crippen LogP contribution is -2.26. The topological polar surface area (TPSA) is 47.6 Å². The van der Waals surface area contributed by atoms with Crippen molar-refractivity contribution >= 4 is 5.91 Å². The first kappa shape index (κ1) is 15.8. The van der Waals surface area contributed by atoms with Crippen molar-refractivity contribution in [3.8, 4) is 5.75 Å². The minimum atomic E-state index is 0.0568. The highest BCUT2D eigenvalue weighted by Gasteiger charge is 2.20. The molecule has 1 aromatic rings. The van der Waals surface area contributed by atoms with Crippen molar-refractivity contribution in [1.82, 2.24) is 5.32 Å². The maximum Gasteiger partial charge on any atom is 0.224 e. The third-order valence-corrected chi connectivity index (χ3v) is 3.44. The summed E-state index contributed by atoms with van der Waals surface area (Å²) in [5, 5.41) is 2.92. The average Bonchev–Trinajstić information content (AvgIpc) is 3.29. The Morgan fingerprint density at radius 2 is 2.05 bits per heavy atom. The van der Waals surface area contributed by atoms with Crippen molar-refractivity contribution in [2.75, 3.05) is 26.4 Å². The van der Waals surface area contributed by atoms with Gasteiger partial charge in [0, 0.05) is 19.8 Å². The van der Waals surface area contributed by atoms with Crippen molar-refractivity contribution in [2.24, 2.45) is 5.92 Å². The zero-order chi connectivity index (χ0) is 14.9. The molecule has 0 heterocycles. The fourth-order valence-electron chi connectivity index (χ4n) is 2.05. The molecule has 1 fully saturated rings. The van der Waals surface area contributed by atoms with Crippen LogP contribution in [-0.4, -0.2) is 32.3 Å². The van der Waals surface area contributed by atoms with E-state index in [2.05, 4.69) is 5.32 Å². The molecule has 0 bridgehead atoms. The van der Waals surface area contributed by atoms with E-state index < -0.39 is 0 Å². The van der Waals surface area contributed by atoms with E-state index in [0.717, 1.165) is 36.9 Å². The van der Waals surface area contributed by atoms with Crippen molar-refractivity contribution in [2.45, 2.75) is 32.6 Å². The van der Waals surface area contributed by atoms with E-state index in [1.807, 2.05) is 31.2 Å². The Balaban J connectivity index is 1.55. The van der Waals surface area contributed by atoms with Crippen molar-refractivity contribution in [1.29, 1.82) is 0 Å². The van der Waals surface area contributed by atoms with Crippen LogP contribution in [0.25, 0.3) is 0 Å². The number of rotatable bonds is 10. The Bertz CT molecular complexity index is 426. The Kier molecular flexibility index (Phi) is 6.54. The molecular formula is C17H25NO3. The lowest BCUT2D eigenvalue weighted by atomic mass is 10.1. The first-order valence-electron chi connectivity index (χ1n) is 7.84. The van der Waals surface area contributed by atoms with Gasteiger partial charge in [-0.05, 0) is 49.8 Å². The zero-order valence-electron chi connectivity index (χ0n) is 12.8. The molecule has 1 amide bonds. The van der Waals surface area contributed by atoms with Gasteiger partial charge in [0.25, 0.3) is 0 Å². The molecule has 21 heavy (non-hydrogen) atoms. The van der Waals surface area contributed by atoms with Crippen molar-refractivity contribution in [3.05, 3.63) is 29.8 Å². The molecular weight excluding hydrogens is 266 g/mol. The first-order chi connectivity index (χ1) is 10.3. The highest BCUT2D eigenvalue weighted by molar-refractivity contribution is 5.78. The Labute approximate surface area is 126 Å². The third kappa shape index (κ3) is 6.63. The van der Waals surface area contributed by atoms with Crippen LogP contribution in [0.1, 0.15) is 31.7 Å². The largest absolute Gasteiger partial charge is 0.494 e. The molecule has 1 aliphatic carbocycles. The first-order valence-corrected chi connectivity index (χ1v) is 7.84. The molecule has 0 unspecified atom stereocenters. The van der Waals surface area contributed by atoms with Crippen LogP contribution in [0.5, 0.6) is 5.75 Å². The molecule has 1 aromatic carbocycles. The molecule has 0 aliphatic heterocycles. The van der Waals surface area contributed by atoms with Crippen LogP contribution in [0.2, 0.25) is 0 Å². The molecule has 0 aromatic heterocycles. The second-order valence-electron chi connectivity index (χ2n) is 5.48. The molecule has 4 heteroatoms. The summed E-state index contributed by atoms with van der Waals surface area (Å²) in [5.74, 6) is 1.70. The van der Waals surface area contributed by atoms with E-state index in [0.29, 0.717) is 19.6 Å². The van der Waals surface area contributed by atoms with Crippen LogP contribution >= 0.6 is 0 Å². The lowest BCUT2D eigenvalue weighted by molar-refractivity contribution is -0.120. The predicted molar refractivity (Wildman–Crippen MR) is 82.5 cm³/mol. The number of carbonyl (C=O) groups is 1. The number of amides is 1. The van der Waals surface area contributed by atoms with Gasteiger partial charge in [0.1, 0.15) is 5.75 Å². The maximum absolute atomic E-state index is 11.8. The Morgan fingerprint density at radius 1 is 1.29 bits per heavy atom. The van der Waals surface area contributed by atoms with E-state index >= 15 is 0 Å². The lowest BCUT2D eigenvalue weighted by Gasteiger charge is -2.07. The summed E-state index contributed by atoms with van der Waals surface area (Å²) in [6.07, 6.45) is 3.93. The fourth-order valence-corrected chi connectivity index (χ4v) is 2.05. The second-order valence-corrected chi connectivity index (χ2v) is 5.48. The molecule has 0 saturated heterocycles. The van der Waals surface area contributed by atoms with E-state index in [4.69, 9.17) is 9.47 Å². The number of benzene rings is 1. The summed E-state index contributed by atoms with van der Waals surface area (Å²) in [7, 11) is 0. The van der Waals surface area contributed by atoms with Gasteiger partial charge in [0.2, 0.25) is 5.91 Å². The maximum atomic E-state index is 11.8. The minimum absolute atomic E-state index is 0.0568. The van der Waals surface area contributed by atoms with E-state index in [1.54, 1.807) is 0 Å². The van der Waals surface area contributed by atoms with Crippen LogP contribution in [-0.2, 0) is 16.0 Å². The highest BCUT2D eigenvalue weighted by Crippen LogP contribution is 2.28. The van der Waals surface area contributed by atoms with Gasteiger partial charge < -0.3 is 14.8 Å². The number of ether oxygens (including phenoxy) is 2. The average molecular weight is 291 g/mol. The SMILES string of the molecule is CCOc1ccc(CC(=O)NCCCOCC2CC2)cc1. The molecule has 1 saturated carbocycles. The van der Waals surface area contributed by atoms with Gasteiger partial charge in [-0.3, -0.25) is 4.79 Å². The summed E-state index contributed by atoms with van der Waals surface area (Å²) in [4.78, 5) is 11.8. The predicted octanol–water partition coefficient (Wildman–Crippen LogP) is 2.56. The molecule has 2 rings (SSSR count).